The topological polar surface area (TPSA) is 53.1 Å². The molecule has 1 N–H and O–H groups in total. The molecule has 0 aromatic heterocycles. The normalized spacial score (nSPS) is 35.8. The summed E-state index contributed by atoms with van der Waals surface area (Å²) in [4.78, 5) is 11.9. The number of hydrogen-bond acceptors (Lipinski definition) is 2. The molecule has 0 saturated carbocycles. The van der Waals surface area contributed by atoms with Gasteiger partial charge < -0.3 is 14.7 Å². The number of hydrogen-bond donors (Lipinski definition) is 1. The predicted molar refractivity (Wildman–Crippen MR) is 37.4 cm³/mol. The monoisotopic (exact) mass is 157 g/mol. The molecule has 2 unspecified atom stereocenters. The van der Waals surface area contributed by atoms with Crippen LogP contribution < -0.4 is 0 Å². The van der Waals surface area contributed by atoms with Crippen molar-refractivity contribution in [2.45, 2.75) is 12.5 Å². The van der Waals surface area contributed by atoms with Gasteiger partial charge in [0.25, 0.3) is 0 Å². The van der Waals surface area contributed by atoms with Gasteiger partial charge in [0, 0.05) is 19.0 Å². The van der Waals surface area contributed by atoms with Gasteiger partial charge >= 0.3 is 6.09 Å². The number of ether oxygens (including phenoxy) is 1. The first-order valence-electron chi connectivity index (χ1n) is 3.87. The molecule has 11 heavy (non-hydrogen) atoms. The Kier molecular flexibility index (Phi) is 1.49. The molecule has 0 spiro atoms. The summed E-state index contributed by atoms with van der Waals surface area (Å²) in [6.45, 7) is 2.18. The van der Waals surface area contributed by atoms with E-state index in [0.29, 0.717) is 25.1 Å². The van der Waals surface area contributed by atoms with Gasteiger partial charge in [-0.1, -0.05) is 0 Å². The van der Waals surface area contributed by atoms with Crippen LogP contribution in [0, 0.1) is 5.92 Å². The molecule has 4 nitrogen and oxygen atoms in total. The van der Waals surface area contributed by atoms with E-state index in [4.69, 9.17) is 9.84 Å². The van der Waals surface area contributed by atoms with Crippen molar-refractivity contribution in [1.29, 1.82) is 0 Å². The molecule has 4 heteroatoms. The SMILES string of the molecule is O=C(O)N1CCC(C2CO2)C1. The molecule has 2 saturated heterocycles. The van der Waals surface area contributed by atoms with Crippen molar-refractivity contribution in [3.05, 3.63) is 0 Å². The van der Waals surface area contributed by atoms with Crippen LogP contribution in [0.25, 0.3) is 0 Å². The summed E-state index contributed by atoms with van der Waals surface area (Å²) in [5.74, 6) is 0.464. The minimum absolute atomic E-state index is 0.361. The molecular formula is C7H11NO3. The number of carbonyl (C=O) groups is 1. The average Bonchev–Trinajstić information content (AvgIpc) is 2.68. The number of epoxide rings is 1. The first-order chi connectivity index (χ1) is 5.27. The Morgan fingerprint density at radius 3 is 2.82 bits per heavy atom. The van der Waals surface area contributed by atoms with E-state index in [0.717, 1.165) is 13.0 Å². The minimum Gasteiger partial charge on any atom is -0.465 e. The van der Waals surface area contributed by atoms with Crippen LogP contribution in [-0.4, -0.2) is 41.9 Å². The molecule has 2 aliphatic heterocycles. The van der Waals surface area contributed by atoms with Gasteiger partial charge in [0.05, 0.1) is 12.7 Å². The van der Waals surface area contributed by atoms with Crippen LogP contribution in [-0.2, 0) is 4.74 Å². The van der Waals surface area contributed by atoms with Gasteiger partial charge in [-0.25, -0.2) is 4.79 Å². The smallest absolute Gasteiger partial charge is 0.407 e. The Balaban J connectivity index is 1.87. The summed E-state index contributed by atoms with van der Waals surface area (Å²) < 4.78 is 5.10. The fraction of sp³-hybridized carbons (Fsp3) is 0.857. The van der Waals surface area contributed by atoms with Crippen LogP contribution >= 0.6 is 0 Å². The van der Waals surface area contributed by atoms with E-state index in [1.165, 1.54) is 4.90 Å². The van der Waals surface area contributed by atoms with E-state index >= 15 is 0 Å². The standard InChI is InChI=1S/C7H11NO3/c9-7(10)8-2-1-5(3-8)6-4-11-6/h5-6H,1-4H2,(H,9,10). The molecule has 2 atom stereocenters. The maximum Gasteiger partial charge on any atom is 0.407 e. The maximum absolute atomic E-state index is 10.5. The molecule has 0 aliphatic carbocycles. The second kappa shape index (κ2) is 2.37. The van der Waals surface area contributed by atoms with Crippen LogP contribution in [0.5, 0.6) is 0 Å². The van der Waals surface area contributed by atoms with Crippen molar-refractivity contribution in [2.24, 2.45) is 5.92 Å². The lowest BCUT2D eigenvalue weighted by Crippen LogP contribution is -2.27. The Bertz CT molecular complexity index is 179. The van der Waals surface area contributed by atoms with Gasteiger partial charge in [0.2, 0.25) is 0 Å². The number of likely N-dealkylation sites (tertiary alicyclic amines) is 1. The zero-order chi connectivity index (χ0) is 7.84. The Hall–Kier alpha value is -0.770. The van der Waals surface area contributed by atoms with Gasteiger partial charge in [-0.2, -0.15) is 0 Å². The third-order valence-electron chi connectivity index (χ3n) is 2.38. The van der Waals surface area contributed by atoms with Gasteiger partial charge in [-0.05, 0) is 6.42 Å². The number of nitrogens with zero attached hydrogens (tertiary/aromatic N) is 1. The van der Waals surface area contributed by atoms with Gasteiger partial charge in [-0.3, -0.25) is 0 Å². The highest BCUT2D eigenvalue weighted by atomic mass is 16.6. The molecule has 0 aromatic carbocycles. The number of carboxylic acid groups (broad SMARTS) is 1. The van der Waals surface area contributed by atoms with Crippen molar-refractivity contribution in [2.75, 3.05) is 19.7 Å². The van der Waals surface area contributed by atoms with Crippen molar-refractivity contribution in [3.63, 3.8) is 0 Å². The number of rotatable bonds is 1. The first-order valence-corrected chi connectivity index (χ1v) is 3.87. The molecule has 1 amide bonds. The lowest BCUT2D eigenvalue weighted by atomic mass is 10.1. The van der Waals surface area contributed by atoms with E-state index in [9.17, 15) is 4.79 Å². The predicted octanol–water partition coefficient (Wildman–Crippen LogP) is 0.385. The largest absolute Gasteiger partial charge is 0.465 e. The lowest BCUT2D eigenvalue weighted by molar-refractivity contribution is 0.153. The van der Waals surface area contributed by atoms with Gasteiger partial charge in [0.15, 0.2) is 0 Å². The van der Waals surface area contributed by atoms with Gasteiger partial charge in [-0.15, -0.1) is 0 Å². The number of amides is 1. The molecule has 2 heterocycles. The van der Waals surface area contributed by atoms with E-state index in [-0.39, 0.29) is 0 Å². The Labute approximate surface area is 64.7 Å². The molecule has 2 rings (SSSR count). The van der Waals surface area contributed by atoms with Crippen molar-refractivity contribution in [1.82, 2.24) is 4.90 Å². The maximum atomic E-state index is 10.5. The van der Waals surface area contributed by atoms with E-state index in [1.54, 1.807) is 0 Å². The molecular weight excluding hydrogens is 146 g/mol. The summed E-state index contributed by atoms with van der Waals surface area (Å²) in [6.07, 6.45) is 0.532. The highest BCUT2D eigenvalue weighted by Crippen LogP contribution is 2.28. The fourth-order valence-electron chi connectivity index (χ4n) is 1.59. The average molecular weight is 157 g/mol. The first kappa shape index (κ1) is 6.91. The molecule has 0 radical (unpaired) electrons. The van der Waals surface area contributed by atoms with Crippen molar-refractivity contribution >= 4 is 6.09 Å². The van der Waals surface area contributed by atoms with Crippen LogP contribution in [0.4, 0.5) is 4.79 Å². The second-order valence-corrected chi connectivity index (χ2v) is 3.15. The summed E-state index contributed by atoms with van der Waals surface area (Å²) in [7, 11) is 0. The van der Waals surface area contributed by atoms with Crippen molar-refractivity contribution < 1.29 is 14.6 Å². The Morgan fingerprint density at radius 1 is 1.64 bits per heavy atom. The third-order valence-corrected chi connectivity index (χ3v) is 2.38. The molecule has 2 aliphatic rings. The van der Waals surface area contributed by atoms with Crippen LogP contribution in [0.2, 0.25) is 0 Å². The zero-order valence-corrected chi connectivity index (χ0v) is 6.19. The van der Waals surface area contributed by atoms with E-state index in [1.807, 2.05) is 0 Å². The van der Waals surface area contributed by atoms with Crippen LogP contribution in [0.3, 0.4) is 0 Å². The summed E-state index contributed by atoms with van der Waals surface area (Å²) in [6, 6.07) is 0. The van der Waals surface area contributed by atoms with E-state index in [2.05, 4.69) is 0 Å². The summed E-state index contributed by atoms with van der Waals surface area (Å²) in [5, 5.41) is 8.62. The van der Waals surface area contributed by atoms with Crippen LogP contribution in [0.1, 0.15) is 6.42 Å². The van der Waals surface area contributed by atoms with Crippen molar-refractivity contribution in [3.8, 4) is 0 Å². The third kappa shape index (κ3) is 1.30. The summed E-state index contributed by atoms with van der Waals surface area (Å²) >= 11 is 0. The quantitative estimate of drug-likeness (QED) is 0.560. The zero-order valence-electron chi connectivity index (χ0n) is 6.19. The summed E-state index contributed by atoms with van der Waals surface area (Å²) in [5.41, 5.74) is 0. The van der Waals surface area contributed by atoms with Crippen LogP contribution in [0.15, 0.2) is 0 Å². The Morgan fingerprint density at radius 2 is 2.36 bits per heavy atom. The molecule has 2 fully saturated rings. The molecule has 0 bridgehead atoms. The fourth-order valence-corrected chi connectivity index (χ4v) is 1.59. The minimum atomic E-state index is -0.798. The molecule has 62 valence electrons. The van der Waals surface area contributed by atoms with Gasteiger partial charge in [0.1, 0.15) is 0 Å². The lowest BCUT2D eigenvalue weighted by Gasteiger charge is -2.10. The highest BCUT2D eigenvalue weighted by molar-refractivity contribution is 5.65. The molecule has 0 aromatic rings. The second-order valence-electron chi connectivity index (χ2n) is 3.15. The van der Waals surface area contributed by atoms with E-state index < -0.39 is 6.09 Å². The highest BCUT2D eigenvalue weighted by Gasteiger charge is 2.38.